The molecule has 3 aromatic rings. The van der Waals surface area contributed by atoms with Crippen LogP contribution in [0, 0.1) is 0 Å². The van der Waals surface area contributed by atoms with Gasteiger partial charge in [-0.15, -0.1) is 11.3 Å². The van der Waals surface area contributed by atoms with Gasteiger partial charge in [-0.25, -0.2) is 22.9 Å². The smallest absolute Gasteiger partial charge is 0.347 e. The van der Waals surface area contributed by atoms with Crippen LogP contribution in [0.25, 0.3) is 10.1 Å². The molecule has 0 bridgehead atoms. The maximum Gasteiger partial charge on any atom is 0.347 e. The summed E-state index contributed by atoms with van der Waals surface area (Å²) in [6.45, 7) is 0. The number of thiophene rings is 1. The number of carboxylic acid groups (broad SMARTS) is 1. The van der Waals surface area contributed by atoms with E-state index in [1.54, 1.807) is 24.3 Å². The lowest BCUT2D eigenvalue weighted by atomic mass is 10.2. The molecule has 0 saturated carbocycles. The number of sulfonamides is 1. The first kappa shape index (κ1) is 13.6. The zero-order chi connectivity index (χ0) is 15.0. The first-order valence-corrected chi connectivity index (χ1v) is 8.06. The van der Waals surface area contributed by atoms with Gasteiger partial charge in [0.1, 0.15) is 9.77 Å². The van der Waals surface area contributed by atoms with E-state index in [1.807, 2.05) is 0 Å². The first-order valence-electron chi connectivity index (χ1n) is 5.76. The fraction of sp³-hybridized carbons (Fsp3) is 0. The van der Waals surface area contributed by atoms with Crippen LogP contribution >= 0.6 is 11.3 Å². The van der Waals surface area contributed by atoms with Crippen LogP contribution in [-0.4, -0.2) is 29.5 Å². The lowest BCUT2D eigenvalue weighted by molar-refractivity contribution is 0.0698. The minimum absolute atomic E-state index is 0.0293. The normalized spacial score (nSPS) is 11.6. The van der Waals surface area contributed by atoms with Crippen molar-refractivity contribution in [3.8, 4) is 0 Å². The van der Waals surface area contributed by atoms with Crippen LogP contribution in [-0.2, 0) is 10.0 Å². The van der Waals surface area contributed by atoms with Crippen molar-refractivity contribution in [3.63, 3.8) is 0 Å². The average molecular weight is 323 g/mol. The topological polar surface area (TPSA) is 112 Å². The van der Waals surface area contributed by atoms with Gasteiger partial charge in [0.25, 0.3) is 10.0 Å². The highest BCUT2D eigenvalue weighted by Gasteiger charge is 2.28. The van der Waals surface area contributed by atoms with Crippen molar-refractivity contribution in [1.29, 1.82) is 0 Å². The number of anilines is 1. The molecule has 0 aliphatic heterocycles. The summed E-state index contributed by atoms with van der Waals surface area (Å²) in [7, 11) is -4.06. The number of imidazole rings is 1. The Labute approximate surface area is 123 Å². The standard InChI is InChI=1S/C12H9N3O4S2/c16-11(17)9-10(7-3-1-2-4-8(7)20-9)21(18,19)15-12-13-5-6-14-12/h1-6H,(H,16,17)(H2,13,14,15). The summed E-state index contributed by atoms with van der Waals surface area (Å²) in [6.07, 6.45) is 2.85. The van der Waals surface area contributed by atoms with E-state index in [0.29, 0.717) is 10.1 Å². The van der Waals surface area contributed by atoms with Gasteiger partial charge in [0.2, 0.25) is 5.95 Å². The van der Waals surface area contributed by atoms with E-state index >= 15 is 0 Å². The molecule has 0 fully saturated rings. The highest BCUT2D eigenvalue weighted by Crippen LogP contribution is 2.35. The van der Waals surface area contributed by atoms with Gasteiger partial charge in [-0.05, 0) is 6.07 Å². The molecule has 0 amide bonds. The molecule has 0 radical (unpaired) electrons. The Morgan fingerprint density at radius 3 is 2.76 bits per heavy atom. The van der Waals surface area contributed by atoms with E-state index in [4.69, 9.17) is 0 Å². The molecule has 0 unspecified atom stereocenters. The molecule has 21 heavy (non-hydrogen) atoms. The van der Waals surface area contributed by atoms with Crippen LogP contribution in [0.5, 0.6) is 0 Å². The van der Waals surface area contributed by atoms with Gasteiger partial charge in [-0.3, -0.25) is 0 Å². The molecule has 0 spiro atoms. The molecule has 1 aromatic carbocycles. The summed E-state index contributed by atoms with van der Waals surface area (Å²) in [5.41, 5.74) is 0. The number of aromatic carboxylic acids is 1. The van der Waals surface area contributed by atoms with Crippen LogP contribution in [0.2, 0.25) is 0 Å². The van der Waals surface area contributed by atoms with Crippen molar-refractivity contribution in [1.82, 2.24) is 9.97 Å². The second kappa shape index (κ2) is 4.86. The number of aromatic nitrogens is 2. The van der Waals surface area contributed by atoms with Gasteiger partial charge in [0.05, 0.1) is 0 Å². The van der Waals surface area contributed by atoms with E-state index in [0.717, 1.165) is 11.3 Å². The van der Waals surface area contributed by atoms with Crippen LogP contribution < -0.4 is 4.72 Å². The number of fused-ring (bicyclic) bond motifs is 1. The largest absolute Gasteiger partial charge is 0.477 e. The van der Waals surface area contributed by atoms with Crippen molar-refractivity contribution < 1.29 is 18.3 Å². The second-order valence-electron chi connectivity index (χ2n) is 4.10. The molecule has 3 N–H and O–H groups in total. The molecule has 2 aromatic heterocycles. The summed E-state index contributed by atoms with van der Waals surface area (Å²) in [4.78, 5) is 17.2. The predicted octanol–water partition coefficient (Wildman–Crippen LogP) is 2.12. The van der Waals surface area contributed by atoms with E-state index in [1.165, 1.54) is 12.4 Å². The highest BCUT2D eigenvalue weighted by atomic mass is 32.2. The molecule has 0 saturated heterocycles. The van der Waals surface area contributed by atoms with E-state index in [2.05, 4.69) is 14.7 Å². The van der Waals surface area contributed by atoms with Gasteiger partial charge in [0, 0.05) is 22.5 Å². The van der Waals surface area contributed by atoms with Gasteiger partial charge < -0.3 is 10.1 Å². The summed E-state index contributed by atoms with van der Waals surface area (Å²) in [5, 5.41) is 9.62. The number of rotatable bonds is 4. The third kappa shape index (κ3) is 2.36. The Morgan fingerprint density at radius 1 is 1.33 bits per heavy atom. The van der Waals surface area contributed by atoms with E-state index in [-0.39, 0.29) is 15.7 Å². The zero-order valence-electron chi connectivity index (χ0n) is 10.4. The SMILES string of the molecule is O=C(O)c1sc2ccccc2c1S(=O)(=O)Nc1ncc[nH]1. The van der Waals surface area contributed by atoms with Crippen LogP contribution in [0.1, 0.15) is 9.67 Å². The van der Waals surface area contributed by atoms with Gasteiger partial charge in [-0.2, -0.15) is 0 Å². The summed E-state index contributed by atoms with van der Waals surface area (Å²) in [5.74, 6) is -1.25. The molecule has 0 aliphatic carbocycles. The molecule has 0 atom stereocenters. The average Bonchev–Trinajstić information content (AvgIpc) is 3.04. The van der Waals surface area contributed by atoms with Crippen molar-refractivity contribution in [2.75, 3.05) is 4.72 Å². The maximum absolute atomic E-state index is 12.5. The number of hydrogen-bond acceptors (Lipinski definition) is 5. The lowest BCUT2D eigenvalue weighted by Gasteiger charge is -2.05. The number of nitrogens with zero attached hydrogens (tertiary/aromatic N) is 1. The molecular formula is C12H9N3O4S2. The van der Waals surface area contributed by atoms with Gasteiger partial charge in [0.15, 0.2) is 0 Å². The van der Waals surface area contributed by atoms with Crippen molar-refractivity contribution >= 4 is 43.4 Å². The molecule has 7 nitrogen and oxygen atoms in total. The summed E-state index contributed by atoms with van der Waals surface area (Å²) in [6, 6.07) is 6.64. The Balaban J connectivity index is 2.22. The number of H-pyrrole nitrogens is 1. The van der Waals surface area contributed by atoms with Gasteiger partial charge >= 0.3 is 5.97 Å². The summed E-state index contributed by atoms with van der Waals surface area (Å²) >= 11 is 0.922. The lowest BCUT2D eigenvalue weighted by Crippen LogP contribution is -2.16. The van der Waals surface area contributed by atoms with Crippen LogP contribution in [0.4, 0.5) is 5.95 Å². The molecule has 9 heteroatoms. The highest BCUT2D eigenvalue weighted by molar-refractivity contribution is 7.93. The number of hydrogen-bond donors (Lipinski definition) is 3. The number of benzene rings is 1. The van der Waals surface area contributed by atoms with E-state index < -0.39 is 16.0 Å². The molecule has 0 aliphatic rings. The maximum atomic E-state index is 12.5. The fourth-order valence-corrected chi connectivity index (χ4v) is 4.65. The second-order valence-corrected chi connectivity index (χ2v) is 6.78. The zero-order valence-corrected chi connectivity index (χ0v) is 12.0. The fourth-order valence-electron chi connectivity index (χ4n) is 1.93. The molecule has 3 rings (SSSR count). The Hall–Kier alpha value is -2.39. The number of carboxylic acids is 1. The van der Waals surface area contributed by atoms with Crippen LogP contribution in [0.15, 0.2) is 41.6 Å². The third-order valence-corrected chi connectivity index (χ3v) is 5.45. The predicted molar refractivity (Wildman–Crippen MR) is 78.2 cm³/mol. The molecule has 2 heterocycles. The Bertz CT molecular complexity index is 913. The Kier molecular flexibility index (Phi) is 3.15. The van der Waals surface area contributed by atoms with Crippen molar-refractivity contribution in [2.45, 2.75) is 4.90 Å². The third-order valence-electron chi connectivity index (χ3n) is 2.74. The van der Waals surface area contributed by atoms with Crippen molar-refractivity contribution in [3.05, 3.63) is 41.5 Å². The van der Waals surface area contributed by atoms with Gasteiger partial charge in [-0.1, -0.05) is 18.2 Å². The number of nitrogens with one attached hydrogen (secondary N) is 2. The quantitative estimate of drug-likeness (QED) is 0.681. The molecular weight excluding hydrogens is 314 g/mol. The monoisotopic (exact) mass is 323 g/mol. The Morgan fingerprint density at radius 2 is 2.10 bits per heavy atom. The van der Waals surface area contributed by atoms with Crippen LogP contribution in [0.3, 0.4) is 0 Å². The minimum Gasteiger partial charge on any atom is -0.477 e. The van der Waals surface area contributed by atoms with Crippen molar-refractivity contribution in [2.24, 2.45) is 0 Å². The number of aromatic amines is 1. The minimum atomic E-state index is -4.06. The molecule has 108 valence electrons. The summed E-state index contributed by atoms with van der Waals surface area (Å²) < 4.78 is 27.8. The van der Waals surface area contributed by atoms with E-state index in [9.17, 15) is 18.3 Å². The number of carbonyl (C=O) groups is 1. The first-order chi connectivity index (χ1) is 9.99.